The summed E-state index contributed by atoms with van der Waals surface area (Å²) in [7, 11) is 0. The number of hydrogen-bond acceptors (Lipinski definition) is 3. The molecule has 78 valence electrons. The lowest BCUT2D eigenvalue weighted by Gasteiger charge is -2.07. The molecule has 1 atom stereocenters. The van der Waals surface area contributed by atoms with E-state index in [0.29, 0.717) is 6.42 Å². The Balaban J connectivity index is 3.30. The van der Waals surface area contributed by atoms with Crippen LogP contribution in [0.4, 0.5) is 0 Å². The van der Waals surface area contributed by atoms with Crippen LogP contribution in [-0.2, 0) is 9.53 Å². The Hall–Kier alpha value is -0.280. The molecule has 0 spiro atoms. The summed E-state index contributed by atoms with van der Waals surface area (Å²) in [5.41, 5.74) is 0. The lowest BCUT2D eigenvalue weighted by molar-refractivity contribution is -0.146. The summed E-state index contributed by atoms with van der Waals surface area (Å²) in [5.74, 6) is -0.153. The van der Waals surface area contributed by atoms with E-state index in [9.17, 15) is 4.79 Å². The summed E-state index contributed by atoms with van der Waals surface area (Å²) in [6.45, 7) is 2.08. The van der Waals surface area contributed by atoms with E-state index in [2.05, 4.69) is 6.92 Å². The average molecular weight is 209 g/mol. The maximum atomic E-state index is 11.0. The van der Waals surface area contributed by atoms with Gasteiger partial charge in [-0.3, -0.25) is 4.79 Å². The van der Waals surface area contributed by atoms with Crippen LogP contribution in [0.3, 0.4) is 0 Å². The topological polar surface area (TPSA) is 46.5 Å². The fourth-order valence-corrected chi connectivity index (χ4v) is 0.914. The van der Waals surface area contributed by atoms with Crippen molar-refractivity contribution in [1.29, 1.82) is 0 Å². The minimum atomic E-state index is -0.739. The molecule has 0 radical (unpaired) electrons. The molecule has 0 rings (SSSR count). The predicted molar refractivity (Wildman–Crippen MR) is 51.8 cm³/mol. The van der Waals surface area contributed by atoms with Crippen LogP contribution in [0.5, 0.6) is 0 Å². The molecule has 0 aliphatic carbocycles. The average Bonchev–Trinajstić information content (AvgIpc) is 2.14. The molecule has 0 bridgehead atoms. The highest BCUT2D eigenvalue weighted by atomic mass is 35.5. The first-order valence-corrected chi connectivity index (χ1v) is 5.13. The molecular weight excluding hydrogens is 192 g/mol. The molecule has 0 heterocycles. The first-order chi connectivity index (χ1) is 6.20. The normalized spacial score (nSPS) is 12.5. The number of ether oxygens (including phenoxy) is 1. The Bertz CT molecular complexity index is 139. The van der Waals surface area contributed by atoms with Gasteiger partial charge in [0.05, 0.1) is 5.88 Å². The summed E-state index contributed by atoms with van der Waals surface area (Å²) in [4.78, 5) is 11.0. The van der Waals surface area contributed by atoms with Gasteiger partial charge >= 0.3 is 5.97 Å². The van der Waals surface area contributed by atoms with E-state index >= 15 is 0 Å². The lowest BCUT2D eigenvalue weighted by atomic mass is 10.2. The maximum Gasteiger partial charge on any atom is 0.305 e. The monoisotopic (exact) mass is 208 g/mol. The molecule has 1 N–H and O–H groups in total. The molecule has 1 unspecified atom stereocenters. The van der Waals surface area contributed by atoms with E-state index in [4.69, 9.17) is 21.4 Å². The zero-order chi connectivity index (χ0) is 10.1. The molecule has 0 aliphatic rings. The molecule has 0 aromatic heterocycles. The number of unbranched alkanes of at least 4 members (excludes halogenated alkanes) is 2. The number of carbonyl (C=O) groups excluding carboxylic acids is 1. The Morgan fingerprint density at radius 2 is 2.23 bits per heavy atom. The molecule has 0 saturated carbocycles. The summed E-state index contributed by atoms with van der Waals surface area (Å²) in [5, 5.41) is 8.97. The third kappa shape index (κ3) is 8.06. The summed E-state index contributed by atoms with van der Waals surface area (Å²) >= 11 is 5.32. The zero-order valence-electron chi connectivity index (χ0n) is 7.96. The number of esters is 1. The quantitative estimate of drug-likeness (QED) is 0.394. The molecule has 13 heavy (non-hydrogen) atoms. The van der Waals surface area contributed by atoms with Gasteiger partial charge in [-0.25, -0.2) is 0 Å². The van der Waals surface area contributed by atoms with E-state index in [1.807, 2.05) is 0 Å². The van der Waals surface area contributed by atoms with Gasteiger partial charge in [0.25, 0.3) is 0 Å². The van der Waals surface area contributed by atoms with Crippen LogP contribution in [0.15, 0.2) is 0 Å². The van der Waals surface area contributed by atoms with Gasteiger partial charge in [0, 0.05) is 6.42 Å². The maximum absolute atomic E-state index is 11.0. The van der Waals surface area contributed by atoms with Crippen molar-refractivity contribution in [3.63, 3.8) is 0 Å². The molecule has 0 amide bonds. The van der Waals surface area contributed by atoms with Crippen molar-refractivity contribution in [2.45, 2.75) is 38.7 Å². The van der Waals surface area contributed by atoms with Crippen LogP contribution in [0.25, 0.3) is 0 Å². The van der Waals surface area contributed by atoms with Gasteiger partial charge in [0.15, 0.2) is 0 Å². The Kier molecular flexibility index (Phi) is 8.14. The second-order valence-electron chi connectivity index (χ2n) is 2.95. The van der Waals surface area contributed by atoms with Crippen molar-refractivity contribution in [3.8, 4) is 0 Å². The number of carbonyl (C=O) groups is 1. The number of alkyl halides is 1. The van der Waals surface area contributed by atoms with Gasteiger partial charge in [-0.1, -0.05) is 19.8 Å². The van der Waals surface area contributed by atoms with Gasteiger partial charge in [-0.15, -0.1) is 11.6 Å². The van der Waals surface area contributed by atoms with Crippen LogP contribution < -0.4 is 0 Å². The lowest BCUT2D eigenvalue weighted by Crippen LogP contribution is -2.19. The largest absolute Gasteiger partial charge is 0.463 e. The van der Waals surface area contributed by atoms with E-state index in [1.54, 1.807) is 0 Å². The SMILES string of the molecule is CCCCCC(=O)OCC(O)CCl. The second-order valence-corrected chi connectivity index (χ2v) is 3.26. The van der Waals surface area contributed by atoms with Crippen molar-refractivity contribution in [1.82, 2.24) is 0 Å². The Morgan fingerprint density at radius 1 is 1.54 bits per heavy atom. The number of rotatable bonds is 7. The van der Waals surface area contributed by atoms with Crippen molar-refractivity contribution in [3.05, 3.63) is 0 Å². The highest BCUT2D eigenvalue weighted by molar-refractivity contribution is 6.18. The van der Waals surface area contributed by atoms with Crippen molar-refractivity contribution in [2.75, 3.05) is 12.5 Å². The van der Waals surface area contributed by atoms with E-state index in [1.165, 1.54) is 0 Å². The fourth-order valence-electron chi connectivity index (χ4n) is 0.825. The third-order valence-electron chi connectivity index (χ3n) is 1.60. The predicted octanol–water partition coefficient (Wildman–Crippen LogP) is 1.71. The molecule has 4 heteroatoms. The standard InChI is InChI=1S/C9H17ClO3/c1-2-3-4-5-9(12)13-7-8(11)6-10/h8,11H,2-7H2,1H3. The smallest absolute Gasteiger partial charge is 0.305 e. The van der Waals surface area contributed by atoms with Gasteiger partial charge in [0.2, 0.25) is 0 Å². The molecule has 3 nitrogen and oxygen atoms in total. The fraction of sp³-hybridized carbons (Fsp3) is 0.889. The number of halogens is 1. The molecule has 0 aromatic carbocycles. The number of hydrogen-bond donors (Lipinski definition) is 1. The van der Waals surface area contributed by atoms with Gasteiger partial charge in [-0.05, 0) is 6.42 Å². The van der Waals surface area contributed by atoms with E-state index in [-0.39, 0.29) is 18.5 Å². The molecule has 0 aromatic rings. The van der Waals surface area contributed by atoms with Gasteiger partial charge < -0.3 is 9.84 Å². The highest BCUT2D eigenvalue weighted by Crippen LogP contribution is 2.01. The van der Waals surface area contributed by atoms with Crippen LogP contribution in [0, 0.1) is 0 Å². The summed E-state index contributed by atoms with van der Waals surface area (Å²) in [6.07, 6.45) is 2.66. The van der Waals surface area contributed by atoms with E-state index < -0.39 is 6.10 Å². The molecular formula is C9H17ClO3. The van der Waals surface area contributed by atoms with Crippen LogP contribution in [0.1, 0.15) is 32.6 Å². The Morgan fingerprint density at radius 3 is 2.77 bits per heavy atom. The summed E-state index contributed by atoms with van der Waals surface area (Å²) in [6, 6.07) is 0. The minimum Gasteiger partial charge on any atom is -0.463 e. The van der Waals surface area contributed by atoms with Gasteiger partial charge in [-0.2, -0.15) is 0 Å². The molecule has 0 fully saturated rings. The first-order valence-electron chi connectivity index (χ1n) is 4.60. The Labute approximate surface area is 84.0 Å². The van der Waals surface area contributed by atoms with Crippen molar-refractivity contribution >= 4 is 17.6 Å². The number of aliphatic hydroxyl groups excluding tert-OH is 1. The highest BCUT2D eigenvalue weighted by Gasteiger charge is 2.06. The van der Waals surface area contributed by atoms with Crippen molar-refractivity contribution < 1.29 is 14.6 Å². The summed E-state index contributed by atoms with van der Waals surface area (Å²) < 4.78 is 4.77. The molecule has 0 aliphatic heterocycles. The van der Waals surface area contributed by atoms with E-state index in [0.717, 1.165) is 19.3 Å². The van der Waals surface area contributed by atoms with Crippen LogP contribution in [-0.4, -0.2) is 29.7 Å². The zero-order valence-corrected chi connectivity index (χ0v) is 8.72. The molecule has 0 saturated heterocycles. The first kappa shape index (κ1) is 12.7. The van der Waals surface area contributed by atoms with Crippen molar-refractivity contribution in [2.24, 2.45) is 0 Å². The second kappa shape index (κ2) is 8.32. The van der Waals surface area contributed by atoms with Crippen LogP contribution >= 0.6 is 11.6 Å². The third-order valence-corrected chi connectivity index (χ3v) is 1.96. The van der Waals surface area contributed by atoms with Gasteiger partial charge in [0.1, 0.15) is 12.7 Å². The number of aliphatic hydroxyl groups is 1. The minimum absolute atomic E-state index is 0.00839. The van der Waals surface area contributed by atoms with Crippen LogP contribution in [0.2, 0.25) is 0 Å².